The van der Waals surface area contributed by atoms with Gasteiger partial charge in [-0.05, 0) is 0 Å². The molecule has 0 radical (unpaired) electrons. The number of hydrogen-bond donors (Lipinski definition) is 3. The van der Waals surface area contributed by atoms with Crippen molar-refractivity contribution in [2.45, 2.75) is 18.3 Å². The zero-order valence-electron chi connectivity index (χ0n) is 5.80. The molecule has 0 aromatic rings. The molecule has 0 aromatic heterocycles. The largest absolute Gasteiger partial charge is 0.393 e. The van der Waals surface area contributed by atoms with Crippen LogP contribution in [0.15, 0.2) is 0 Å². The number of aliphatic hydroxyl groups is 3. The van der Waals surface area contributed by atoms with Gasteiger partial charge in [-0.15, -0.1) is 0 Å². The van der Waals surface area contributed by atoms with E-state index in [0.717, 1.165) is 0 Å². The quantitative estimate of drug-likeness (QED) is 0.402. The molecule has 1 aliphatic heterocycles. The Morgan fingerprint density at radius 2 is 2.18 bits per heavy atom. The lowest BCUT2D eigenvalue weighted by Crippen LogP contribution is -2.50. The van der Waals surface area contributed by atoms with Crippen molar-refractivity contribution >= 4 is 5.78 Å². The lowest BCUT2D eigenvalue weighted by Gasteiger charge is -2.27. The van der Waals surface area contributed by atoms with E-state index >= 15 is 0 Å². The maximum atomic E-state index is 10.9. The summed E-state index contributed by atoms with van der Waals surface area (Å²) in [6.45, 7) is -0.569. The lowest BCUT2D eigenvalue weighted by molar-refractivity contribution is -0.167. The van der Waals surface area contributed by atoms with E-state index in [9.17, 15) is 4.79 Å². The summed E-state index contributed by atoms with van der Waals surface area (Å²) in [6, 6.07) is 0. The van der Waals surface area contributed by atoms with E-state index in [1.807, 2.05) is 0 Å². The molecule has 0 spiro atoms. The van der Waals surface area contributed by atoms with E-state index in [1.54, 1.807) is 0 Å². The molecule has 0 aliphatic carbocycles. The van der Waals surface area contributed by atoms with Crippen molar-refractivity contribution in [1.29, 1.82) is 0 Å². The van der Waals surface area contributed by atoms with Crippen molar-refractivity contribution in [3.8, 4) is 0 Å². The third-order valence-corrected chi connectivity index (χ3v) is 1.61. The molecule has 64 valence electrons. The van der Waals surface area contributed by atoms with Gasteiger partial charge in [-0.1, -0.05) is 0 Å². The number of ketones is 1. The molecular weight excluding hydrogens is 152 g/mol. The summed E-state index contributed by atoms with van der Waals surface area (Å²) in [6.07, 6.45) is -3.56. The molecule has 3 N–H and O–H groups in total. The maximum absolute atomic E-state index is 10.9. The molecule has 1 heterocycles. The number of hydrogen-bond acceptors (Lipinski definition) is 5. The molecule has 3 atom stereocenters. The first-order valence-corrected chi connectivity index (χ1v) is 3.29. The van der Waals surface area contributed by atoms with Gasteiger partial charge < -0.3 is 20.1 Å². The molecule has 0 saturated carbocycles. The van der Waals surface area contributed by atoms with Gasteiger partial charge in [0, 0.05) is 0 Å². The zero-order chi connectivity index (χ0) is 8.43. The monoisotopic (exact) mass is 162 g/mol. The lowest BCUT2D eigenvalue weighted by atomic mass is 10.0. The van der Waals surface area contributed by atoms with E-state index < -0.39 is 30.7 Å². The van der Waals surface area contributed by atoms with Crippen LogP contribution in [0.5, 0.6) is 0 Å². The maximum Gasteiger partial charge on any atom is 0.194 e. The summed E-state index contributed by atoms with van der Waals surface area (Å²) in [4.78, 5) is 10.9. The van der Waals surface area contributed by atoms with Crippen LogP contribution >= 0.6 is 0 Å². The van der Waals surface area contributed by atoms with Gasteiger partial charge in [-0.25, -0.2) is 0 Å². The van der Waals surface area contributed by atoms with Crippen LogP contribution in [0.4, 0.5) is 0 Å². The van der Waals surface area contributed by atoms with Crippen LogP contribution in [0, 0.1) is 0 Å². The highest BCUT2D eigenvalue weighted by atomic mass is 16.5. The zero-order valence-corrected chi connectivity index (χ0v) is 5.80. The predicted octanol–water partition coefficient (Wildman–Crippen LogP) is -2.33. The molecule has 1 unspecified atom stereocenters. The van der Waals surface area contributed by atoms with Gasteiger partial charge in [-0.2, -0.15) is 0 Å². The molecule has 11 heavy (non-hydrogen) atoms. The number of ether oxygens (including phenoxy) is 1. The minimum atomic E-state index is -1.42. The molecule has 1 fully saturated rings. The average molecular weight is 162 g/mol. The van der Waals surface area contributed by atoms with Crippen LogP contribution in [-0.2, 0) is 9.53 Å². The first-order chi connectivity index (χ1) is 5.16. The van der Waals surface area contributed by atoms with E-state index in [4.69, 9.17) is 20.1 Å². The van der Waals surface area contributed by atoms with Gasteiger partial charge in [0.15, 0.2) is 5.78 Å². The summed E-state index contributed by atoms with van der Waals surface area (Å²) >= 11 is 0. The first-order valence-electron chi connectivity index (χ1n) is 3.29. The summed E-state index contributed by atoms with van der Waals surface area (Å²) in [5, 5.41) is 26.4. The summed E-state index contributed by atoms with van der Waals surface area (Å²) in [5.74, 6) is -0.661. The minimum absolute atomic E-state index is 0.113. The number of rotatable bonds is 1. The second-order valence-electron chi connectivity index (χ2n) is 2.42. The fraction of sp³-hybridized carbons (Fsp3) is 0.833. The van der Waals surface area contributed by atoms with Crippen LogP contribution in [0.25, 0.3) is 0 Å². The van der Waals surface area contributed by atoms with E-state index in [-0.39, 0.29) is 6.61 Å². The Morgan fingerprint density at radius 1 is 1.55 bits per heavy atom. The van der Waals surface area contributed by atoms with Crippen molar-refractivity contribution < 1.29 is 24.9 Å². The topological polar surface area (TPSA) is 87.0 Å². The summed E-state index contributed by atoms with van der Waals surface area (Å²) in [5.41, 5.74) is 0. The minimum Gasteiger partial charge on any atom is -0.393 e. The van der Waals surface area contributed by atoms with Crippen molar-refractivity contribution in [1.82, 2.24) is 0 Å². The molecule has 1 aliphatic rings. The van der Waals surface area contributed by atoms with E-state index in [1.165, 1.54) is 0 Å². The fourth-order valence-corrected chi connectivity index (χ4v) is 0.911. The Bertz CT molecular complexity index is 153. The third-order valence-electron chi connectivity index (χ3n) is 1.61. The van der Waals surface area contributed by atoms with Crippen LogP contribution in [0.1, 0.15) is 0 Å². The number of carbonyl (C=O) groups excluding carboxylic acids is 1. The Morgan fingerprint density at radius 3 is 2.73 bits per heavy atom. The second kappa shape index (κ2) is 3.27. The molecule has 5 heteroatoms. The van der Waals surface area contributed by atoms with Gasteiger partial charge in [0.05, 0.1) is 13.2 Å². The third kappa shape index (κ3) is 1.57. The summed E-state index contributed by atoms with van der Waals surface area (Å²) < 4.78 is 4.71. The Balaban J connectivity index is 2.59. The molecule has 1 saturated heterocycles. The molecule has 0 amide bonds. The van der Waals surface area contributed by atoms with Crippen molar-refractivity contribution in [2.75, 3.05) is 13.2 Å². The van der Waals surface area contributed by atoms with Gasteiger partial charge in [-0.3, -0.25) is 4.79 Å². The first kappa shape index (κ1) is 8.61. The van der Waals surface area contributed by atoms with Crippen LogP contribution in [0.3, 0.4) is 0 Å². The Labute approximate surface area is 63.2 Å². The molecule has 0 aromatic carbocycles. The Hall–Kier alpha value is -0.490. The number of carbonyl (C=O) groups is 1. The molecule has 5 nitrogen and oxygen atoms in total. The highest BCUT2D eigenvalue weighted by Crippen LogP contribution is 2.09. The van der Waals surface area contributed by atoms with E-state index in [2.05, 4.69) is 0 Å². The average Bonchev–Trinajstić information content (AvgIpc) is 2.01. The van der Waals surface area contributed by atoms with Crippen molar-refractivity contribution in [2.24, 2.45) is 0 Å². The van der Waals surface area contributed by atoms with Gasteiger partial charge in [0.1, 0.15) is 18.3 Å². The number of aliphatic hydroxyl groups excluding tert-OH is 3. The van der Waals surface area contributed by atoms with Crippen molar-refractivity contribution in [3.05, 3.63) is 0 Å². The smallest absolute Gasteiger partial charge is 0.194 e. The van der Waals surface area contributed by atoms with Crippen LogP contribution < -0.4 is 0 Å². The van der Waals surface area contributed by atoms with Crippen molar-refractivity contribution in [3.63, 3.8) is 0 Å². The second-order valence-corrected chi connectivity index (χ2v) is 2.42. The summed E-state index contributed by atoms with van der Waals surface area (Å²) in [7, 11) is 0. The predicted molar refractivity (Wildman–Crippen MR) is 33.8 cm³/mol. The molecular formula is C6H10O5. The highest BCUT2D eigenvalue weighted by molar-refractivity contribution is 5.88. The van der Waals surface area contributed by atoms with Crippen LogP contribution in [0.2, 0.25) is 0 Å². The number of Topliss-reactive ketones (excluding diaryl/α,β-unsaturated/α-hetero) is 1. The standard InChI is InChI=1S/C6H10O5/c7-1-4-6(10)5(9)3(8)2-11-4/h3-5,7-9H,1-2H2/t3?,4-,5-/m1/s1. The van der Waals surface area contributed by atoms with Gasteiger partial charge in [0.25, 0.3) is 0 Å². The fourth-order valence-electron chi connectivity index (χ4n) is 0.911. The molecule has 0 bridgehead atoms. The van der Waals surface area contributed by atoms with Gasteiger partial charge >= 0.3 is 0 Å². The molecule has 1 rings (SSSR count). The van der Waals surface area contributed by atoms with Crippen LogP contribution in [-0.4, -0.2) is 52.6 Å². The normalized spacial score (nSPS) is 39.2. The SMILES string of the molecule is O=C1[C@@H](CO)OCC(O)[C@H]1O. The highest BCUT2D eigenvalue weighted by Gasteiger charge is 2.36. The Kier molecular flexibility index (Phi) is 2.56. The van der Waals surface area contributed by atoms with E-state index in [0.29, 0.717) is 0 Å². The van der Waals surface area contributed by atoms with Gasteiger partial charge in [0.2, 0.25) is 0 Å².